The molecular weight excluding hydrogens is 408 g/mol. The van der Waals surface area contributed by atoms with Gasteiger partial charge in [0, 0.05) is 11.9 Å². The van der Waals surface area contributed by atoms with Gasteiger partial charge in [0.25, 0.3) is 5.91 Å². The van der Waals surface area contributed by atoms with Crippen molar-refractivity contribution in [3.63, 3.8) is 0 Å². The van der Waals surface area contributed by atoms with Crippen molar-refractivity contribution in [1.29, 1.82) is 0 Å². The Morgan fingerprint density at radius 2 is 1.58 bits per heavy atom. The first kappa shape index (κ1) is 23.4. The zero-order valence-electron chi connectivity index (χ0n) is 17.4. The predicted octanol–water partition coefficient (Wildman–Crippen LogP) is 2.13. The number of rotatable bonds is 9. The summed E-state index contributed by atoms with van der Waals surface area (Å²) in [7, 11) is 2.48. The van der Waals surface area contributed by atoms with Gasteiger partial charge in [-0.15, -0.1) is 0 Å². The van der Waals surface area contributed by atoms with E-state index in [-0.39, 0.29) is 12.8 Å². The summed E-state index contributed by atoms with van der Waals surface area (Å²) < 4.78 is 15.7. The summed E-state index contributed by atoms with van der Waals surface area (Å²) in [6.07, 6.45) is 0.704. The molecule has 1 atom stereocenters. The van der Waals surface area contributed by atoms with E-state index in [0.717, 1.165) is 0 Å². The second-order valence-electron chi connectivity index (χ2n) is 6.45. The minimum absolute atomic E-state index is 0.111. The zero-order valence-corrected chi connectivity index (χ0v) is 17.4. The lowest BCUT2D eigenvalue weighted by atomic mass is 10.1. The average Bonchev–Trinajstić information content (AvgIpc) is 3.21. The van der Waals surface area contributed by atoms with E-state index in [4.69, 9.17) is 4.74 Å². The molecule has 31 heavy (non-hydrogen) atoms. The molecule has 1 aromatic carbocycles. The number of para-hydroxylation sites is 1. The van der Waals surface area contributed by atoms with Crippen molar-refractivity contribution < 1.29 is 33.4 Å². The number of anilines is 2. The second-order valence-corrected chi connectivity index (χ2v) is 6.45. The summed E-state index contributed by atoms with van der Waals surface area (Å²) in [6, 6.07) is 8.00. The topological polar surface area (TPSA) is 138 Å². The molecule has 11 nitrogen and oxygen atoms in total. The van der Waals surface area contributed by atoms with Gasteiger partial charge in [-0.1, -0.05) is 18.2 Å². The van der Waals surface area contributed by atoms with Gasteiger partial charge in [0.1, 0.15) is 0 Å². The molecule has 11 heteroatoms. The Balaban J connectivity index is 1.96. The lowest BCUT2D eigenvalue weighted by Gasteiger charge is -2.15. The van der Waals surface area contributed by atoms with Crippen LogP contribution in [-0.4, -0.2) is 54.0 Å². The number of amides is 2. The highest BCUT2D eigenvalue weighted by Crippen LogP contribution is 2.19. The van der Waals surface area contributed by atoms with Gasteiger partial charge in [-0.3, -0.25) is 24.4 Å². The van der Waals surface area contributed by atoms with Crippen molar-refractivity contribution in [1.82, 2.24) is 9.78 Å². The molecule has 166 valence electrons. The molecule has 0 saturated heterocycles. The van der Waals surface area contributed by atoms with Gasteiger partial charge in [0.05, 0.1) is 45.0 Å². The van der Waals surface area contributed by atoms with Gasteiger partial charge in [0.2, 0.25) is 0 Å². The molecule has 2 aromatic rings. The van der Waals surface area contributed by atoms with Crippen molar-refractivity contribution >= 4 is 35.3 Å². The Kier molecular flexibility index (Phi) is 8.55. The van der Waals surface area contributed by atoms with E-state index in [1.165, 1.54) is 38.2 Å². The van der Waals surface area contributed by atoms with Crippen molar-refractivity contribution in [2.45, 2.75) is 31.9 Å². The van der Waals surface area contributed by atoms with Gasteiger partial charge >= 0.3 is 18.0 Å². The number of methoxy groups -OCH3 is 2. The lowest BCUT2D eigenvalue weighted by molar-refractivity contribution is -0.144. The molecule has 0 spiro atoms. The van der Waals surface area contributed by atoms with E-state index < -0.39 is 36.1 Å². The number of carbonyl (C=O) groups excluding carboxylic acids is 4. The molecule has 2 N–H and O–H groups in total. The number of nitrogens with one attached hydrogen (secondary N) is 2. The van der Waals surface area contributed by atoms with Crippen LogP contribution in [0.2, 0.25) is 0 Å². The molecule has 0 bridgehead atoms. The van der Waals surface area contributed by atoms with E-state index in [2.05, 4.69) is 25.2 Å². The molecule has 2 amide bonds. The third-order valence-corrected chi connectivity index (χ3v) is 4.18. The molecule has 0 fully saturated rings. The second kappa shape index (κ2) is 11.3. The summed E-state index contributed by atoms with van der Waals surface area (Å²) in [5, 5.41) is 9.16. The molecule has 0 aliphatic carbocycles. The number of hydrogen-bond acceptors (Lipinski definition) is 8. The zero-order chi connectivity index (χ0) is 22.8. The van der Waals surface area contributed by atoms with Crippen LogP contribution in [0.15, 0.2) is 42.7 Å². The third-order valence-electron chi connectivity index (χ3n) is 4.18. The highest BCUT2D eigenvalue weighted by Gasteiger charge is 2.23. The number of esters is 2. The average molecular weight is 432 g/mol. The molecule has 0 radical (unpaired) electrons. The van der Waals surface area contributed by atoms with Crippen LogP contribution in [0.4, 0.5) is 16.2 Å². The SMILES string of the molecule is COC(=O)CC(CC(=O)OC)n1cc(NC(=O)[C@H](C)OC(=O)Nc2ccccc2)cn1. The van der Waals surface area contributed by atoms with E-state index >= 15 is 0 Å². The van der Waals surface area contributed by atoms with Gasteiger partial charge in [-0.05, 0) is 19.1 Å². The maximum absolute atomic E-state index is 12.3. The highest BCUT2D eigenvalue weighted by molar-refractivity contribution is 5.96. The van der Waals surface area contributed by atoms with E-state index in [1.807, 2.05) is 0 Å². The summed E-state index contributed by atoms with van der Waals surface area (Å²) in [6.45, 7) is 1.42. The smallest absolute Gasteiger partial charge is 0.412 e. The van der Waals surface area contributed by atoms with Crippen LogP contribution >= 0.6 is 0 Å². The summed E-state index contributed by atoms with van der Waals surface area (Å²) in [5.41, 5.74) is 0.826. The Morgan fingerprint density at radius 3 is 2.16 bits per heavy atom. The van der Waals surface area contributed by atoms with E-state index in [1.54, 1.807) is 30.3 Å². The van der Waals surface area contributed by atoms with Crippen LogP contribution in [0.25, 0.3) is 0 Å². The number of nitrogens with zero attached hydrogens (tertiary/aromatic N) is 2. The Morgan fingerprint density at radius 1 is 0.968 bits per heavy atom. The van der Waals surface area contributed by atoms with Crippen molar-refractivity contribution in [2.24, 2.45) is 0 Å². The summed E-state index contributed by atoms with van der Waals surface area (Å²) >= 11 is 0. The van der Waals surface area contributed by atoms with E-state index in [0.29, 0.717) is 11.4 Å². The molecule has 0 aliphatic heterocycles. The largest absolute Gasteiger partial charge is 0.469 e. The molecule has 1 aromatic heterocycles. The van der Waals surface area contributed by atoms with Gasteiger partial charge in [-0.2, -0.15) is 5.10 Å². The molecule has 0 aliphatic rings. The quantitative estimate of drug-likeness (QED) is 0.454. The third kappa shape index (κ3) is 7.46. The van der Waals surface area contributed by atoms with Gasteiger partial charge in [-0.25, -0.2) is 4.79 Å². The van der Waals surface area contributed by atoms with Crippen LogP contribution in [0, 0.1) is 0 Å². The molecule has 2 rings (SSSR count). The van der Waals surface area contributed by atoms with Crippen molar-refractivity contribution in [3.8, 4) is 0 Å². The Labute approximate surface area is 178 Å². The fraction of sp³-hybridized carbons (Fsp3) is 0.350. The number of carbonyl (C=O) groups is 4. The van der Waals surface area contributed by atoms with Crippen LogP contribution < -0.4 is 10.6 Å². The van der Waals surface area contributed by atoms with Crippen LogP contribution in [0.1, 0.15) is 25.8 Å². The number of hydrogen-bond donors (Lipinski definition) is 2. The lowest BCUT2D eigenvalue weighted by Crippen LogP contribution is -2.31. The van der Waals surface area contributed by atoms with Crippen LogP contribution in [-0.2, 0) is 28.6 Å². The Hall–Kier alpha value is -3.89. The van der Waals surface area contributed by atoms with Crippen molar-refractivity contribution in [2.75, 3.05) is 24.9 Å². The van der Waals surface area contributed by atoms with Gasteiger partial charge < -0.3 is 19.5 Å². The molecule has 1 heterocycles. The first-order valence-corrected chi connectivity index (χ1v) is 9.33. The predicted molar refractivity (Wildman–Crippen MR) is 109 cm³/mol. The molecule has 0 unspecified atom stereocenters. The first-order valence-electron chi connectivity index (χ1n) is 9.33. The highest BCUT2D eigenvalue weighted by atomic mass is 16.6. The number of ether oxygens (including phenoxy) is 3. The van der Waals surface area contributed by atoms with Crippen LogP contribution in [0.5, 0.6) is 0 Å². The summed E-state index contributed by atoms with van der Waals surface area (Å²) in [4.78, 5) is 47.5. The van der Waals surface area contributed by atoms with Crippen molar-refractivity contribution in [3.05, 3.63) is 42.7 Å². The normalized spacial score (nSPS) is 11.4. The Bertz CT molecular complexity index is 895. The van der Waals surface area contributed by atoms with Gasteiger partial charge in [0.15, 0.2) is 6.10 Å². The maximum Gasteiger partial charge on any atom is 0.412 e. The van der Waals surface area contributed by atoms with E-state index in [9.17, 15) is 19.2 Å². The first-order chi connectivity index (χ1) is 14.8. The molecular formula is C20H24N4O7. The summed E-state index contributed by atoms with van der Waals surface area (Å²) in [5.74, 6) is -1.64. The minimum Gasteiger partial charge on any atom is -0.469 e. The maximum atomic E-state index is 12.3. The van der Waals surface area contributed by atoms with Crippen LogP contribution in [0.3, 0.4) is 0 Å². The number of aromatic nitrogens is 2. The monoisotopic (exact) mass is 432 g/mol. The fourth-order valence-electron chi connectivity index (χ4n) is 2.54. The standard InChI is InChI=1S/C20H24N4O7/c1-13(31-20(28)23-14-7-5-4-6-8-14)19(27)22-15-11-21-24(12-15)16(9-17(25)29-2)10-18(26)30-3/h4-8,11-13,16H,9-10H2,1-3H3,(H,22,27)(H,23,28)/t13-/m0/s1. The fourth-order valence-corrected chi connectivity index (χ4v) is 2.54. The number of benzene rings is 1. The molecule has 0 saturated carbocycles. The minimum atomic E-state index is -1.09.